The number of ketones is 1. The highest BCUT2D eigenvalue weighted by Gasteiger charge is 2.29. The minimum atomic E-state index is -0.883. The van der Waals surface area contributed by atoms with Crippen LogP contribution in [0.15, 0.2) is 34.8 Å². The van der Waals surface area contributed by atoms with Gasteiger partial charge in [0.25, 0.3) is 0 Å². The number of fused-ring (bicyclic) bond motifs is 1. The van der Waals surface area contributed by atoms with Gasteiger partial charge in [-0.1, -0.05) is 0 Å². The van der Waals surface area contributed by atoms with E-state index >= 15 is 0 Å². The second-order valence-corrected chi connectivity index (χ2v) is 3.84. The molecule has 0 amide bonds. The summed E-state index contributed by atoms with van der Waals surface area (Å²) >= 11 is 0. The lowest BCUT2D eigenvalue weighted by Crippen LogP contribution is -2.01. The molecule has 0 saturated heterocycles. The quantitative estimate of drug-likeness (QED) is 0.789. The number of ether oxygens (including phenoxy) is 1. The highest BCUT2D eigenvalue weighted by molar-refractivity contribution is 6.04. The number of hydrogen-bond donors (Lipinski definition) is 1. The normalized spacial score (nSPS) is 18.9. The third-order valence-electron chi connectivity index (χ3n) is 2.82. The van der Waals surface area contributed by atoms with Gasteiger partial charge in [0.2, 0.25) is 0 Å². The summed E-state index contributed by atoms with van der Waals surface area (Å²) in [6.45, 7) is 1.81. The standard InChI is InChI=1S/C12H12O4/c1-7-10-6-11(13)9(2-3-12(14)15)8(10)4-5-16-7/h4-5H,2-3,6H2,1H3,(H,14,15). The zero-order valence-corrected chi connectivity index (χ0v) is 8.95. The largest absolute Gasteiger partial charge is 0.481 e. The van der Waals surface area contributed by atoms with Gasteiger partial charge in [-0.2, -0.15) is 0 Å². The lowest BCUT2D eigenvalue weighted by molar-refractivity contribution is -0.136. The van der Waals surface area contributed by atoms with Gasteiger partial charge in [-0.15, -0.1) is 0 Å². The minimum Gasteiger partial charge on any atom is -0.481 e. The van der Waals surface area contributed by atoms with Gasteiger partial charge in [0.1, 0.15) is 5.76 Å². The SMILES string of the molecule is CC1=C2CC(=O)C(CCC(=O)O)=C2C=CO1. The number of carboxylic acid groups (broad SMARTS) is 1. The second-order valence-electron chi connectivity index (χ2n) is 3.84. The molecular weight excluding hydrogens is 208 g/mol. The third kappa shape index (κ3) is 1.78. The Morgan fingerprint density at radius 1 is 1.56 bits per heavy atom. The third-order valence-corrected chi connectivity index (χ3v) is 2.82. The fraction of sp³-hybridized carbons (Fsp3) is 0.333. The van der Waals surface area contributed by atoms with Crippen LogP contribution >= 0.6 is 0 Å². The molecule has 2 rings (SSSR count). The molecule has 0 spiro atoms. The Bertz CT molecular complexity index is 452. The van der Waals surface area contributed by atoms with Crippen LogP contribution in [-0.2, 0) is 14.3 Å². The number of hydrogen-bond acceptors (Lipinski definition) is 3. The van der Waals surface area contributed by atoms with Gasteiger partial charge >= 0.3 is 5.97 Å². The van der Waals surface area contributed by atoms with E-state index in [1.54, 1.807) is 6.08 Å². The van der Waals surface area contributed by atoms with Crippen LogP contribution < -0.4 is 0 Å². The summed E-state index contributed by atoms with van der Waals surface area (Å²) in [5, 5.41) is 8.62. The van der Waals surface area contributed by atoms with E-state index in [0.717, 1.165) is 16.9 Å². The van der Waals surface area contributed by atoms with Gasteiger partial charge in [-0.05, 0) is 25.0 Å². The fourth-order valence-electron chi connectivity index (χ4n) is 1.99. The van der Waals surface area contributed by atoms with Crippen LogP contribution in [0.1, 0.15) is 26.2 Å². The van der Waals surface area contributed by atoms with Crippen molar-refractivity contribution in [2.24, 2.45) is 0 Å². The van der Waals surface area contributed by atoms with E-state index in [-0.39, 0.29) is 12.2 Å². The molecule has 4 nitrogen and oxygen atoms in total. The second kappa shape index (κ2) is 3.96. The molecule has 0 aromatic heterocycles. The first-order chi connectivity index (χ1) is 7.59. The highest BCUT2D eigenvalue weighted by Crippen LogP contribution is 2.36. The van der Waals surface area contributed by atoms with Crippen molar-refractivity contribution in [1.29, 1.82) is 0 Å². The average molecular weight is 220 g/mol. The topological polar surface area (TPSA) is 63.6 Å². The molecule has 0 aromatic carbocycles. The molecule has 1 aliphatic carbocycles. The van der Waals surface area contributed by atoms with Gasteiger partial charge in [0.05, 0.1) is 6.26 Å². The van der Waals surface area contributed by atoms with Crippen LogP contribution in [0.4, 0.5) is 0 Å². The van der Waals surface area contributed by atoms with Crippen LogP contribution in [0.2, 0.25) is 0 Å². The maximum atomic E-state index is 11.7. The van der Waals surface area contributed by atoms with Crippen LogP contribution in [0, 0.1) is 0 Å². The average Bonchev–Trinajstić information content (AvgIpc) is 2.53. The molecule has 1 N–H and O–H groups in total. The zero-order chi connectivity index (χ0) is 11.7. The van der Waals surface area contributed by atoms with Gasteiger partial charge in [-0.3, -0.25) is 9.59 Å². The van der Waals surface area contributed by atoms with Crippen molar-refractivity contribution in [2.45, 2.75) is 26.2 Å². The Balaban J connectivity index is 2.30. The molecule has 16 heavy (non-hydrogen) atoms. The summed E-state index contributed by atoms with van der Waals surface area (Å²) in [4.78, 5) is 22.2. The molecule has 0 unspecified atom stereocenters. The van der Waals surface area contributed by atoms with E-state index in [1.807, 2.05) is 6.92 Å². The van der Waals surface area contributed by atoms with E-state index in [1.165, 1.54) is 6.26 Å². The number of carboxylic acids is 1. The number of rotatable bonds is 3. The van der Waals surface area contributed by atoms with E-state index in [9.17, 15) is 9.59 Å². The molecule has 1 heterocycles. The van der Waals surface area contributed by atoms with Crippen molar-refractivity contribution < 1.29 is 19.4 Å². The Morgan fingerprint density at radius 2 is 2.31 bits per heavy atom. The Morgan fingerprint density at radius 3 is 3.00 bits per heavy atom. The van der Waals surface area contributed by atoms with E-state index in [0.29, 0.717) is 18.4 Å². The van der Waals surface area contributed by atoms with Crippen molar-refractivity contribution in [2.75, 3.05) is 0 Å². The molecule has 2 aliphatic rings. The molecule has 0 bridgehead atoms. The van der Waals surface area contributed by atoms with Crippen molar-refractivity contribution in [3.05, 3.63) is 34.8 Å². The van der Waals surface area contributed by atoms with Gasteiger partial charge in [0.15, 0.2) is 5.78 Å². The summed E-state index contributed by atoms with van der Waals surface area (Å²) in [5.74, 6) is -0.136. The zero-order valence-electron chi connectivity index (χ0n) is 8.95. The van der Waals surface area contributed by atoms with Crippen LogP contribution in [0.5, 0.6) is 0 Å². The van der Waals surface area contributed by atoms with Crippen molar-refractivity contribution in [3.63, 3.8) is 0 Å². The first-order valence-electron chi connectivity index (χ1n) is 5.11. The molecule has 0 saturated carbocycles. The molecule has 4 heteroatoms. The number of carbonyl (C=O) groups excluding carboxylic acids is 1. The monoisotopic (exact) mass is 220 g/mol. The van der Waals surface area contributed by atoms with E-state index in [2.05, 4.69) is 0 Å². The Hall–Kier alpha value is -1.84. The predicted molar refractivity (Wildman–Crippen MR) is 56.4 cm³/mol. The van der Waals surface area contributed by atoms with Crippen molar-refractivity contribution in [3.8, 4) is 0 Å². The summed E-state index contributed by atoms with van der Waals surface area (Å²) in [5.41, 5.74) is 2.37. The van der Waals surface area contributed by atoms with Gasteiger partial charge < -0.3 is 9.84 Å². The first kappa shape index (κ1) is 10.7. The predicted octanol–water partition coefficient (Wildman–Crippen LogP) is 1.94. The van der Waals surface area contributed by atoms with E-state index in [4.69, 9.17) is 9.84 Å². The maximum absolute atomic E-state index is 11.7. The summed E-state index contributed by atoms with van der Waals surface area (Å²) in [7, 11) is 0. The van der Waals surface area contributed by atoms with Crippen LogP contribution in [-0.4, -0.2) is 16.9 Å². The van der Waals surface area contributed by atoms with Crippen molar-refractivity contribution in [1.82, 2.24) is 0 Å². The number of carbonyl (C=O) groups is 2. The Kier molecular flexibility index (Phi) is 2.64. The molecule has 0 atom stereocenters. The number of allylic oxidation sites excluding steroid dienone is 5. The maximum Gasteiger partial charge on any atom is 0.303 e. The highest BCUT2D eigenvalue weighted by atomic mass is 16.5. The molecule has 84 valence electrons. The van der Waals surface area contributed by atoms with Crippen molar-refractivity contribution >= 4 is 11.8 Å². The number of aliphatic carboxylic acids is 1. The van der Waals surface area contributed by atoms with Gasteiger partial charge in [-0.25, -0.2) is 0 Å². The summed E-state index contributed by atoms with van der Waals surface area (Å²) in [6, 6.07) is 0. The molecule has 0 aromatic rings. The Labute approximate surface area is 92.9 Å². The fourth-order valence-corrected chi connectivity index (χ4v) is 1.99. The van der Waals surface area contributed by atoms with E-state index < -0.39 is 5.97 Å². The molecule has 0 fully saturated rings. The first-order valence-corrected chi connectivity index (χ1v) is 5.11. The smallest absolute Gasteiger partial charge is 0.303 e. The van der Waals surface area contributed by atoms with Gasteiger partial charge in [0, 0.05) is 24.0 Å². The molecule has 0 radical (unpaired) electrons. The minimum absolute atomic E-state index is 0.00834. The lowest BCUT2D eigenvalue weighted by atomic mass is 10.0. The summed E-state index contributed by atoms with van der Waals surface area (Å²) < 4.78 is 5.21. The van der Waals surface area contributed by atoms with Crippen LogP contribution in [0.3, 0.4) is 0 Å². The lowest BCUT2D eigenvalue weighted by Gasteiger charge is -2.11. The summed E-state index contributed by atoms with van der Waals surface area (Å²) in [6.07, 6.45) is 3.90. The van der Waals surface area contributed by atoms with Crippen LogP contribution in [0.25, 0.3) is 0 Å². The number of Topliss-reactive ketones (excluding diaryl/α,β-unsaturated/α-hetero) is 1. The molecule has 1 aliphatic heterocycles. The molecular formula is C12H12O4.